The van der Waals surface area contributed by atoms with Crippen LogP contribution in [0.25, 0.3) is 0 Å². The summed E-state index contributed by atoms with van der Waals surface area (Å²) in [7, 11) is 0. The number of hydrogen-bond acceptors (Lipinski definition) is 1. The number of thiophene rings is 1. The van der Waals surface area contributed by atoms with Crippen molar-refractivity contribution in [2.24, 2.45) is 5.92 Å². The molecule has 0 fully saturated rings. The summed E-state index contributed by atoms with van der Waals surface area (Å²) in [5, 5.41) is 0. The first kappa shape index (κ1) is 15.1. The molecule has 1 aromatic carbocycles. The lowest BCUT2D eigenvalue weighted by Gasteiger charge is -2.13. The van der Waals surface area contributed by atoms with Crippen molar-refractivity contribution < 1.29 is 0 Å². The molecule has 0 bridgehead atoms. The summed E-state index contributed by atoms with van der Waals surface area (Å²) >= 11 is 11.6. The first-order valence-electron chi connectivity index (χ1n) is 6.59. The summed E-state index contributed by atoms with van der Waals surface area (Å²) in [6.45, 7) is 2.20. The van der Waals surface area contributed by atoms with Crippen molar-refractivity contribution >= 4 is 38.9 Å². The average Bonchev–Trinajstić information content (AvgIpc) is 2.85. The number of alkyl halides is 1. The van der Waals surface area contributed by atoms with E-state index in [1.807, 2.05) is 11.3 Å². The zero-order chi connectivity index (χ0) is 13.7. The van der Waals surface area contributed by atoms with E-state index in [9.17, 15) is 0 Å². The molecule has 0 radical (unpaired) electrons. The number of halogens is 2. The topological polar surface area (TPSA) is 0 Å². The number of rotatable bonds is 6. The maximum absolute atomic E-state index is 6.14. The summed E-state index contributed by atoms with van der Waals surface area (Å²) in [4.78, 5) is 2.92. The molecule has 0 saturated heterocycles. The zero-order valence-electron chi connectivity index (χ0n) is 11.0. The molecular formula is C16H18BrClS. The second-order valence-electron chi connectivity index (χ2n) is 4.78. The van der Waals surface area contributed by atoms with Gasteiger partial charge in [0.05, 0.1) is 0 Å². The maximum Gasteiger partial charge on any atom is 0.0258 e. The second kappa shape index (κ2) is 7.47. The molecule has 1 heterocycles. The van der Waals surface area contributed by atoms with Crippen molar-refractivity contribution in [1.82, 2.24) is 0 Å². The van der Waals surface area contributed by atoms with Gasteiger partial charge in [0.25, 0.3) is 0 Å². The van der Waals surface area contributed by atoms with E-state index < -0.39 is 0 Å². The first-order valence-corrected chi connectivity index (χ1v) is 8.73. The van der Waals surface area contributed by atoms with Crippen LogP contribution in [0.15, 0.2) is 40.9 Å². The van der Waals surface area contributed by atoms with Gasteiger partial charge in [0, 0.05) is 20.1 Å². The Bertz CT molecular complexity index is 521. The highest BCUT2D eigenvalue weighted by Crippen LogP contribution is 2.23. The van der Waals surface area contributed by atoms with Crippen molar-refractivity contribution in [3.8, 4) is 0 Å². The van der Waals surface area contributed by atoms with Gasteiger partial charge in [-0.05, 0) is 55.0 Å². The van der Waals surface area contributed by atoms with Crippen LogP contribution in [-0.4, -0.2) is 5.88 Å². The molecule has 0 saturated carbocycles. The number of benzene rings is 1. The van der Waals surface area contributed by atoms with Gasteiger partial charge in [-0.3, -0.25) is 0 Å². The average molecular weight is 358 g/mol. The lowest BCUT2D eigenvalue weighted by Crippen LogP contribution is -2.09. The van der Waals surface area contributed by atoms with Crippen LogP contribution >= 0.6 is 38.9 Å². The Kier molecular flexibility index (Phi) is 5.93. The molecule has 0 aliphatic rings. The van der Waals surface area contributed by atoms with E-state index in [1.165, 1.54) is 15.3 Å². The molecule has 1 atom stereocenters. The minimum Gasteiger partial charge on any atom is -0.145 e. The van der Waals surface area contributed by atoms with Crippen molar-refractivity contribution in [3.63, 3.8) is 0 Å². The van der Waals surface area contributed by atoms with Crippen LogP contribution in [0.4, 0.5) is 0 Å². The van der Waals surface area contributed by atoms with E-state index in [0.717, 1.165) is 23.7 Å². The molecule has 2 rings (SSSR count). The Morgan fingerprint density at radius 3 is 2.58 bits per heavy atom. The largest absolute Gasteiger partial charge is 0.145 e. The van der Waals surface area contributed by atoms with Gasteiger partial charge in [0.15, 0.2) is 0 Å². The molecule has 0 amide bonds. The quantitative estimate of drug-likeness (QED) is 0.581. The first-order chi connectivity index (χ1) is 9.21. The molecule has 1 aromatic heterocycles. The summed E-state index contributed by atoms with van der Waals surface area (Å²) in [5.41, 5.74) is 1.35. The van der Waals surface area contributed by atoms with Gasteiger partial charge >= 0.3 is 0 Å². The third-order valence-electron chi connectivity index (χ3n) is 3.19. The minimum absolute atomic E-state index is 0.513. The standard InChI is InChI=1S/C16H18BrClS/c1-2-15-6-7-16(19-15)10-13(11-18)8-12-4-3-5-14(17)9-12/h3-7,9,13H,2,8,10-11H2,1H3. The third-order valence-corrected chi connectivity index (χ3v) is 5.37. The van der Waals surface area contributed by atoms with Crippen LogP contribution in [0.1, 0.15) is 22.2 Å². The molecule has 0 aliphatic carbocycles. The van der Waals surface area contributed by atoms with Crippen LogP contribution in [0.2, 0.25) is 0 Å². The van der Waals surface area contributed by atoms with Gasteiger partial charge < -0.3 is 0 Å². The van der Waals surface area contributed by atoms with E-state index in [-0.39, 0.29) is 0 Å². The zero-order valence-corrected chi connectivity index (χ0v) is 14.2. The molecule has 0 aliphatic heterocycles. The molecule has 102 valence electrons. The summed E-state index contributed by atoms with van der Waals surface area (Å²) in [6, 6.07) is 13.0. The van der Waals surface area contributed by atoms with E-state index in [4.69, 9.17) is 11.6 Å². The van der Waals surface area contributed by atoms with Crippen molar-refractivity contribution in [1.29, 1.82) is 0 Å². The Hall–Kier alpha value is -0.310. The highest BCUT2D eigenvalue weighted by atomic mass is 79.9. The van der Waals surface area contributed by atoms with Crippen molar-refractivity contribution in [2.75, 3.05) is 5.88 Å². The smallest absolute Gasteiger partial charge is 0.0258 e. The molecule has 3 heteroatoms. The van der Waals surface area contributed by atoms with Gasteiger partial charge in [-0.2, -0.15) is 0 Å². The van der Waals surface area contributed by atoms with Gasteiger partial charge in [-0.1, -0.05) is 35.0 Å². The highest BCUT2D eigenvalue weighted by molar-refractivity contribution is 9.10. The Morgan fingerprint density at radius 1 is 1.16 bits per heavy atom. The van der Waals surface area contributed by atoms with Gasteiger partial charge in [-0.25, -0.2) is 0 Å². The van der Waals surface area contributed by atoms with Crippen LogP contribution in [-0.2, 0) is 19.3 Å². The number of aryl methyl sites for hydroxylation is 1. The normalized spacial score (nSPS) is 12.6. The van der Waals surface area contributed by atoms with Crippen LogP contribution in [0.3, 0.4) is 0 Å². The van der Waals surface area contributed by atoms with Crippen LogP contribution < -0.4 is 0 Å². The van der Waals surface area contributed by atoms with E-state index in [2.05, 4.69) is 59.3 Å². The Labute approximate surface area is 132 Å². The lowest BCUT2D eigenvalue weighted by molar-refractivity contribution is 0.589. The highest BCUT2D eigenvalue weighted by Gasteiger charge is 2.11. The van der Waals surface area contributed by atoms with Gasteiger partial charge in [0.2, 0.25) is 0 Å². The fourth-order valence-electron chi connectivity index (χ4n) is 2.19. The van der Waals surface area contributed by atoms with E-state index in [0.29, 0.717) is 11.8 Å². The molecule has 0 N–H and O–H groups in total. The predicted molar refractivity (Wildman–Crippen MR) is 89.5 cm³/mol. The SMILES string of the molecule is CCc1ccc(CC(CCl)Cc2cccc(Br)c2)s1. The molecular weight excluding hydrogens is 340 g/mol. The molecule has 19 heavy (non-hydrogen) atoms. The third kappa shape index (κ3) is 4.62. The molecule has 1 unspecified atom stereocenters. The Morgan fingerprint density at radius 2 is 1.95 bits per heavy atom. The predicted octanol–water partition coefficient (Wildman–Crippen LogP) is 5.71. The Balaban J connectivity index is 2.00. The van der Waals surface area contributed by atoms with E-state index in [1.54, 1.807) is 0 Å². The van der Waals surface area contributed by atoms with Gasteiger partial charge in [0.1, 0.15) is 0 Å². The summed E-state index contributed by atoms with van der Waals surface area (Å²) in [5.74, 6) is 1.23. The summed E-state index contributed by atoms with van der Waals surface area (Å²) < 4.78 is 1.14. The second-order valence-corrected chi connectivity index (χ2v) is 7.26. The fourth-order valence-corrected chi connectivity index (χ4v) is 3.92. The fraction of sp³-hybridized carbons (Fsp3) is 0.375. The minimum atomic E-state index is 0.513. The van der Waals surface area contributed by atoms with Gasteiger partial charge in [-0.15, -0.1) is 22.9 Å². The van der Waals surface area contributed by atoms with E-state index >= 15 is 0 Å². The maximum atomic E-state index is 6.14. The van der Waals surface area contributed by atoms with Crippen LogP contribution in [0.5, 0.6) is 0 Å². The summed E-state index contributed by atoms with van der Waals surface area (Å²) in [6.07, 6.45) is 3.25. The molecule has 2 aromatic rings. The lowest BCUT2D eigenvalue weighted by atomic mass is 9.97. The number of hydrogen-bond donors (Lipinski definition) is 0. The van der Waals surface area contributed by atoms with Crippen molar-refractivity contribution in [2.45, 2.75) is 26.2 Å². The molecule has 0 nitrogen and oxygen atoms in total. The van der Waals surface area contributed by atoms with Crippen LogP contribution in [0, 0.1) is 5.92 Å². The molecule has 0 spiro atoms. The monoisotopic (exact) mass is 356 g/mol. The van der Waals surface area contributed by atoms with Crippen molar-refractivity contribution in [3.05, 3.63) is 56.2 Å².